The number of amides is 1. The molecular formula is C19H15ClFN3O3. The van der Waals surface area contributed by atoms with Gasteiger partial charge in [-0.3, -0.25) is 9.48 Å². The fourth-order valence-corrected chi connectivity index (χ4v) is 2.69. The highest BCUT2D eigenvalue weighted by Gasteiger charge is 2.17. The maximum absolute atomic E-state index is 13.1. The molecule has 0 fully saturated rings. The number of carbonyl (C=O) groups excluding carboxylic acids is 2. The van der Waals surface area contributed by atoms with Gasteiger partial charge in [0.2, 0.25) is 0 Å². The Kier molecular flexibility index (Phi) is 5.23. The second-order valence-electron chi connectivity index (χ2n) is 5.69. The molecule has 1 amide bonds. The number of ether oxygens (including phenoxy) is 1. The van der Waals surface area contributed by atoms with Crippen molar-refractivity contribution in [2.75, 3.05) is 12.4 Å². The predicted molar refractivity (Wildman–Crippen MR) is 99.3 cm³/mol. The number of anilines is 1. The molecule has 0 radical (unpaired) electrons. The molecule has 2 aromatic carbocycles. The van der Waals surface area contributed by atoms with E-state index in [-0.39, 0.29) is 27.8 Å². The van der Waals surface area contributed by atoms with Crippen LogP contribution in [0.25, 0.3) is 11.3 Å². The SMILES string of the molecule is COC(=O)c1ccc(Cl)c(NC(=O)c2cc(-c3ccc(F)cc3)n(C)n2)c1. The number of rotatable bonds is 4. The zero-order valence-electron chi connectivity index (χ0n) is 14.5. The molecule has 0 unspecified atom stereocenters. The fourth-order valence-electron chi connectivity index (χ4n) is 2.52. The number of aromatic nitrogens is 2. The van der Waals surface area contributed by atoms with Gasteiger partial charge in [0.1, 0.15) is 5.82 Å². The molecule has 1 heterocycles. The first-order chi connectivity index (χ1) is 12.9. The summed E-state index contributed by atoms with van der Waals surface area (Å²) in [6, 6.07) is 11.9. The number of hydrogen-bond donors (Lipinski definition) is 1. The van der Waals surface area contributed by atoms with Crippen molar-refractivity contribution in [3.63, 3.8) is 0 Å². The van der Waals surface area contributed by atoms with Crippen molar-refractivity contribution < 1.29 is 18.7 Å². The Morgan fingerprint density at radius 1 is 1.15 bits per heavy atom. The van der Waals surface area contributed by atoms with E-state index >= 15 is 0 Å². The molecule has 3 rings (SSSR count). The van der Waals surface area contributed by atoms with Gasteiger partial charge in [0.05, 0.1) is 29.1 Å². The van der Waals surface area contributed by atoms with E-state index in [1.807, 2.05) is 0 Å². The number of nitrogens with one attached hydrogen (secondary N) is 1. The van der Waals surface area contributed by atoms with E-state index in [2.05, 4.69) is 15.2 Å². The summed E-state index contributed by atoms with van der Waals surface area (Å²) in [4.78, 5) is 24.2. The lowest BCUT2D eigenvalue weighted by Crippen LogP contribution is -2.14. The molecule has 1 N–H and O–H groups in total. The topological polar surface area (TPSA) is 73.2 Å². The van der Waals surface area contributed by atoms with Crippen LogP contribution in [0.3, 0.4) is 0 Å². The largest absolute Gasteiger partial charge is 0.465 e. The van der Waals surface area contributed by atoms with Gasteiger partial charge in [-0.15, -0.1) is 0 Å². The predicted octanol–water partition coefficient (Wildman–Crippen LogP) is 3.92. The Morgan fingerprint density at radius 2 is 1.85 bits per heavy atom. The first kappa shape index (κ1) is 18.6. The fraction of sp³-hybridized carbons (Fsp3) is 0.105. The van der Waals surface area contributed by atoms with Crippen LogP contribution in [-0.4, -0.2) is 28.8 Å². The summed E-state index contributed by atoms with van der Waals surface area (Å²) >= 11 is 6.09. The van der Waals surface area contributed by atoms with Crippen LogP contribution in [0.1, 0.15) is 20.8 Å². The Hall–Kier alpha value is -3.19. The lowest BCUT2D eigenvalue weighted by atomic mass is 10.1. The van der Waals surface area contributed by atoms with Gasteiger partial charge in [0.15, 0.2) is 5.69 Å². The van der Waals surface area contributed by atoms with Crippen LogP contribution in [0.5, 0.6) is 0 Å². The first-order valence-electron chi connectivity index (χ1n) is 7.88. The number of methoxy groups -OCH3 is 1. The van der Waals surface area contributed by atoms with Crippen LogP contribution >= 0.6 is 11.6 Å². The third-order valence-corrected chi connectivity index (χ3v) is 4.22. The van der Waals surface area contributed by atoms with Gasteiger partial charge in [0, 0.05) is 7.05 Å². The minimum absolute atomic E-state index is 0.149. The Labute approximate surface area is 159 Å². The zero-order valence-corrected chi connectivity index (χ0v) is 15.2. The molecule has 8 heteroatoms. The summed E-state index contributed by atoms with van der Waals surface area (Å²) in [5.41, 5.74) is 2.03. The molecule has 6 nitrogen and oxygen atoms in total. The van der Waals surface area contributed by atoms with Crippen molar-refractivity contribution in [3.05, 3.63) is 70.6 Å². The number of benzene rings is 2. The van der Waals surface area contributed by atoms with Gasteiger partial charge in [-0.05, 0) is 54.1 Å². The number of carbonyl (C=O) groups is 2. The lowest BCUT2D eigenvalue weighted by Gasteiger charge is -2.07. The molecule has 0 spiro atoms. The van der Waals surface area contributed by atoms with E-state index < -0.39 is 11.9 Å². The Balaban J connectivity index is 1.86. The number of halogens is 2. The summed E-state index contributed by atoms with van der Waals surface area (Å²) in [5.74, 6) is -1.39. The maximum atomic E-state index is 13.1. The van der Waals surface area contributed by atoms with Crippen LogP contribution < -0.4 is 5.32 Å². The van der Waals surface area contributed by atoms with Gasteiger partial charge in [0.25, 0.3) is 5.91 Å². The third kappa shape index (κ3) is 3.98. The summed E-state index contributed by atoms with van der Waals surface area (Å²) in [6.07, 6.45) is 0. The molecule has 0 aliphatic rings. The summed E-state index contributed by atoms with van der Waals surface area (Å²) in [6.45, 7) is 0. The van der Waals surface area contributed by atoms with Crippen molar-refractivity contribution in [1.29, 1.82) is 0 Å². The highest BCUT2D eigenvalue weighted by Crippen LogP contribution is 2.25. The van der Waals surface area contributed by atoms with E-state index in [1.54, 1.807) is 25.2 Å². The van der Waals surface area contributed by atoms with Gasteiger partial charge < -0.3 is 10.1 Å². The molecular weight excluding hydrogens is 373 g/mol. The van der Waals surface area contributed by atoms with Gasteiger partial charge >= 0.3 is 5.97 Å². The van der Waals surface area contributed by atoms with Crippen LogP contribution in [0.2, 0.25) is 5.02 Å². The highest BCUT2D eigenvalue weighted by molar-refractivity contribution is 6.34. The highest BCUT2D eigenvalue weighted by atomic mass is 35.5. The zero-order chi connectivity index (χ0) is 19.6. The van der Waals surface area contributed by atoms with Crippen molar-refractivity contribution in [1.82, 2.24) is 9.78 Å². The maximum Gasteiger partial charge on any atom is 0.337 e. The van der Waals surface area contributed by atoms with Crippen LogP contribution in [0.4, 0.5) is 10.1 Å². The first-order valence-corrected chi connectivity index (χ1v) is 8.26. The quantitative estimate of drug-likeness (QED) is 0.689. The lowest BCUT2D eigenvalue weighted by molar-refractivity contribution is 0.0600. The van der Waals surface area contributed by atoms with Crippen LogP contribution in [-0.2, 0) is 11.8 Å². The van der Waals surface area contributed by atoms with Crippen LogP contribution in [0.15, 0.2) is 48.5 Å². The van der Waals surface area contributed by atoms with E-state index in [4.69, 9.17) is 11.6 Å². The number of aryl methyl sites for hydroxylation is 1. The van der Waals surface area contributed by atoms with E-state index in [9.17, 15) is 14.0 Å². The molecule has 0 saturated carbocycles. The molecule has 3 aromatic rings. The van der Waals surface area contributed by atoms with Crippen LogP contribution in [0, 0.1) is 5.82 Å². The number of esters is 1. The van der Waals surface area contributed by atoms with Gasteiger partial charge in [-0.25, -0.2) is 9.18 Å². The smallest absolute Gasteiger partial charge is 0.337 e. The second-order valence-corrected chi connectivity index (χ2v) is 6.09. The van der Waals surface area contributed by atoms with Crippen molar-refractivity contribution in [3.8, 4) is 11.3 Å². The average Bonchev–Trinajstić information content (AvgIpc) is 3.05. The molecule has 0 saturated heterocycles. The van der Waals surface area contributed by atoms with Crippen molar-refractivity contribution in [2.45, 2.75) is 0 Å². The normalized spacial score (nSPS) is 10.5. The second kappa shape index (κ2) is 7.59. The van der Waals surface area contributed by atoms with Gasteiger partial charge in [-0.2, -0.15) is 5.10 Å². The number of nitrogens with zero attached hydrogens (tertiary/aromatic N) is 2. The average molecular weight is 388 g/mol. The number of hydrogen-bond acceptors (Lipinski definition) is 4. The standard InChI is InChI=1S/C19H15ClFN3O3/c1-24-17(11-3-6-13(21)7-4-11)10-16(23-24)18(25)22-15-9-12(19(26)27-2)5-8-14(15)20/h3-10H,1-2H3,(H,22,25). The summed E-state index contributed by atoms with van der Waals surface area (Å²) in [7, 11) is 2.94. The molecule has 0 aliphatic carbocycles. The van der Waals surface area contributed by atoms with Crippen molar-refractivity contribution in [2.24, 2.45) is 7.05 Å². The van der Waals surface area contributed by atoms with E-state index in [0.717, 1.165) is 5.56 Å². The third-order valence-electron chi connectivity index (χ3n) is 3.89. The molecule has 0 atom stereocenters. The Bertz CT molecular complexity index is 1020. The van der Waals surface area contributed by atoms with Gasteiger partial charge in [-0.1, -0.05) is 11.6 Å². The van der Waals surface area contributed by atoms with Crippen molar-refractivity contribution >= 4 is 29.2 Å². The minimum atomic E-state index is -0.543. The molecule has 0 bridgehead atoms. The minimum Gasteiger partial charge on any atom is -0.465 e. The van der Waals surface area contributed by atoms with E-state index in [0.29, 0.717) is 5.69 Å². The Morgan fingerprint density at radius 3 is 2.52 bits per heavy atom. The molecule has 0 aliphatic heterocycles. The summed E-state index contributed by atoms with van der Waals surface area (Å²) < 4.78 is 19.3. The van der Waals surface area contributed by atoms with E-state index in [1.165, 1.54) is 42.1 Å². The summed E-state index contributed by atoms with van der Waals surface area (Å²) in [5, 5.41) is 7.09. The molecule has 138 valence electrons. The monoisotopic (exact) mass is 387 g/mol. The molecule has 1 aromatic heterocycles. The molecule has 27 heavy (non-hydrogen) atoms.